The van der Waals surface area contributed by atoms with Crippen molar-refractivity contribution >= 4 is 5.78 Å². The standard InChI is InChI=1S/C16H16O3/c1-15(2)18-13-8-7-12-11-6-4-3-5-10(11)9-16(13,19-15)14(12)17/h3-8,12-13H,9H2,1-2H3/t12-,13+,16+/m0/s1. The second-order valence-electron chi connectivity index (χ2n) is 6.03. The lowest BCUT2D eigenvalue weighted by Gasteiger charge is -2.40. The van der Waals surface area contributed by atoms with Crippen LogP contribution in [0.1, 0.15) is 30.9 Å². The summed E-state index contributed by atoms with van der Waals surface area (Å²) in [5.74, 6) is -0.741. The van der Waals surface area contributed by atoms with Gasteiger partial charge in [-0.3, -0.25) is 4.79 Å². The van der Waals surface area contributed by atoms with Crippen molar-refractivity contribution in [1.29, 1.82) is 0 Å². The summed E-state index contributed by atoms with van der Waals surface area (Å²) < 4.78 is 11.9. The van der Waals surface area contributed by atoms with Gasteiger partial charge in [0.05, 0.1) is 5.92 Å². The average Bonchev–Trinajstić information content (AvgIpc) is 2.61. The second-order valence-corrected chi connectivity index (χ2v) is 6.03. The van der Waals surface area contributed by atoms with Crippen LogP contribution in [0.15, 0.2) is 36.4 Å². The molecule has 4 rings (SSSR count). The molecule has 2 bridgehead atoms. The Labute approximate surface area is 112 Å². The zero-order valence-electron chi connectivity index (χ0n) is 11.1. The SMILES string of the molecule is CC1(C)O[C@@H]2C=C[C@@H]3C(=O)[C@]2(Cc2ccccc23)O1. The summed E-state index contributed by atoms with van der Waals surface area (Å²) in [6.45, 7) is 3.74. The Morgan fingerprint density at radius 2 is 2.00 bits per heavy atom. The van der Waals surface area contributed by atoms with Crippen LogP contribution >= 0.6 is 0 Å². The summed E-state index contributed by atoms with van der Waals surface area (Å²) in [6, 6.07) is 8.12. The zero-order chi connectivity index (χ0) is 13.3. The van der Waals surface area contributed by atoms with E-state index >= 15 is 0 Å². The molecule has 19 heavy (non-hydrogen) atoms. The summed E-state index contributed by atoms with van der Waals surface area (Å²) in [7, 11) is 0. The molecule has 1 saturated heterocycles. The molecule has 0 unspecified atom stereocenters. The number of benzene rings is 1. The number of hydrogen-bond donors (Lipinski definition) is 0. The normalized spacial score (nSPS) is 37.9. The average molecular weight is 256 g/mol. The Hall–Kier alpha value is -1.45. The van der Waals surface area contributed by atoms with E-state index in [4.69, 9.17) is 9.47 Å². The lowest BCUT2D eigenvalue weighted by atomic mass is 9.67. The van der Waals surface area contributed by atoms with Crippen molar-refractivity contribution < 1.29 is 14.3 Å². The first-order valence-electron chi connectivity index (χ1n) is 6.70. The van der Waals surface area contributed by atoms with Crippen LogP contribution in [-0.2, 0) is 20.7 Å². The predicted molar refractivity (Wildman–Crippen MR) is 69.8 cm³/mol. The molecule has 0 amide bonds. The molecule has 98 valence electrons. The summed E-state index contributed by atoms with van der Waals surface area (Å²) in [5.41, 5.74) is 1.49. The zero-order valence-corrected chi connectivity index (χ0v) is 11.1. The fourth-order valence-corrected chi connectivity index (χ4v) is 3.62. The minimum absolute atomic E-state index is 0.143. The van der Waals surface area contributed by atoms with Crippen LogP contribution in [0.4, 0.5) is 0 Å². The number of rotatable bonds is 0. The van der Waals surface area contributed by atoms with Gasteiger partial charge in [0, 0.05) is 6.42 Å². The molecule has 1 heterocycles. The minimum atomic E-state index is -0.822. The van der Waals surface area contributed by atoms with Crippen LogP contribution in [0.2, 0.25) is 0 Å². The number of fused-ring (bicyclic) bond motifs is 3. The lowest BCUT2D eigenvalue weighted by Crippen LogP contribution is -2.55. The van der Waals surface area contributed by atoms with E-state index in [1.54, 1.807) is 0 Å². The highest BCUT2D eigenvalue weighted by Gasteiger charge is 2.61. The third-order valence-electron chi connectivity index (χ3n) is 4.32. The highest BCUT2D eigenvalue weighted by Crippen LogP contribution is 2.49. The maximum Gasteiger partial charge on any atom is 0.179 e. The van der Waals surface area contributed by atoms with Crippen LogP contribution in [0.5, 0.6) is 0 Å². The quantitative estimate of drug-likeness (QED) is 0.668. The number of carbonyl (C=O) groups is 1. The van der Waals surface area contributed by atoms with E-state index in [9.17, 15) is 4.79 Å². The number of carbonyl (C=O) groups excluding carboxylic acids is 1. The van der Waals surface area contributed by atoms with E-state index in [2.05, 4.69) is 6.07 Å². The molecule has 1 aromatic rings. The van der Waals surface area contributed by atoms with E-state index in [-0.39, 0.29) is 17.8 Å². The maximum atomic E-state index is 12.8. The molecular weight excluding hydrogens is 240 g/mol. The van der Waals surface area contributed by atoms with Crippen molar-refractivity contribution in [1.82, 2.24) is 0 Å². The molecule has 3 aliphatic rings. The fraction of sp³-hybridized carbons (Fsp3) is 0.438. The van der Waals surface area contributed by atoms with Crippen LogP contribution < -0.4 is 0 Å². The summed E-state index contributed by atoms with van der Waals surface area (Å²) >= 11 is 0. The van der Waals surface area contributed by atoms with Gasteiger partial charge in [0.25, 0.3) is 0 Å². The summed E-state index contributed by atoms with van der Waals surface area (Å²) in [4.78, 5) is 12.8. The van der Waals surface area contributed by atoms with Crippen molar-refractivity contribution in [3.05, 3.63) is 47.5 Å². The molecule has 0 radical (unpaired) electrons. The Balaban J connectivity index is 1.91. The number of hydrogen-bond acceptors (Lipinski definition) is 3. The van der Waals surface area contributed by atoms with Gasteiger partial charge in [0.1, 0.15) is 6.10 Å². The largest absolute Gasteiger partial charge is 0.340 e. The van der Waals surface area contributed by atoms with Crippen LogP contribution in [0.3, 0.4) is 0 Å². The highest BCUT2D eigenvalue weighted by molar-refractivity contribution is 5.99. The molecule has 2 aliphatic carbocycles. The van der Waals surface area contributed by atoms with Gasteiger partial charge in [0.15, 0.2) is 17.2 Å². The number of Topliss-reactive ketones (excluding diaryl/α,β-unsaturated/α-hetero) is 1. The van der Waals surface area contributed by atoms with Gasteiger partial charge >= 0.3 is 0 Å². The van der Waals surface area contributed by atoms with E-state index in [1.807, 2.05) is 44.2 Å². The van der Waals surface area contributed by atoms with Gasteiger partial charge < -0.3 is 9.47 Å². The lowest BCUT2D eigenvalue weighted by molar-refractivity contribution is -0.173. The van der Waals surface area contributed by atoms with E-state index < -0.39 is 11.4 Å². The van der Waals surface area contributed by atoms with Gasteiger partial charge in [0.2, 0.25) is 0 Å². The van der Waals surface area contributed by atoms with Crippen molar-refractivity contribution in [2.75, 3.05) is 0 Å². The molecule has 1 aliphatic heterocycles. The Kier molecular flexibility index (Phi) is 2.01. The fourth-order valence-electron chi connectivity index (χ4n) is 3.62. The first-order chi connectivity index (χ1) is 9.02. The summed E-state index contributed by atoms with van der Waals surface area (Å²) in [6.07, 6.45) is 4.31. The van der Waals surface area contributed by atoms with E-state index in [0.29, 0.717) is 6.42 Å². The number of ketones is 1. The van der Waals surface area contributed by atoms with E-state index in [0.717, 1.165) is 5.56 Å². The first kappa shape index (κ1) is 11.4. The molecule has 3 nitrogen and oxygen atoms in total. The Bertz CT molecular complexity index is 602. The van der Waals surface area contributed by atoms with Gasteiger partial charge in [-0.1, -0.05) is 36.4 Å². The number of allylic oxidation sites excluding steroid dienone is 1. The van der Waals surface area contributed by atoms with Gasteiger partial charge in [-0.25, -0.2) is 0 Å². The van der Waals surface area contributed by atoms with Crippen LogP contribution in [0, 0.1) is 0 Å². The predicted octanol–water partition coefficient (Wildman–Crippen LogP) is 2.36. The molecule has 0 saturated carbocycles. The van der Waals surface area contributed by atoms with Crippen LogP contribution in [0.25, 0.3) is 0 Å². The van der Waals surface area contributed by atoms with E-state index in [1.165, 1.54) is 5.56 Å². The summed E-state index contributed by atoms with van der Waals surface area (Å²) in [5, 5.41) is 0. The van der Waals surface area contributed by atoms with Crippen LogP contribution in [-0.4, -0.2) is 23.3 Å². The van der Waals surface area contributed by atoms with Crippen molar-refractivity contribution in [2.45, 2.75) is 43.7 Å². The molecule has 3 heteroatoms. The van der Waals surface area contributed by atoms with Gasteiger partial charge in [-0.2, -0.15) is 0 Å². The first-order valence-corrected chi connectivity index (χ1v) is 6.70. The van der Waals surface area contributed by atoms with Crippen molar-refractivity contribution in [2.24, 2.45) is 0 Å². The highest BCUT2D eigenvalue weighted by atomic mass is 16.8. The second kappa shape index (κ2) is 3.35. The third-order valence-corrected chi connectivity index (χ3v) is 4.32. The topological polar surface area (TPSA) is 35.5 Å². The Morgan fingerprint density at radius 3 is 2.84 bits per heavy atom. The third kappa shape index (κ3) is 1.37. The monoisotopic (exact) mass is 256 g/mol. The molecule has 0 aromatic heterocycles. The Morgan fingerprint density at radius 1 is 1.21 bits per heavy atom. The van der Waals surface area contributed by atoms with Gasteiger partial charge in [-0.15, -0.1) is 0 Å². The van der Waals surface area contributed by atoms with Crippen molar-refractivity contribution in [3.63, 3.8) is 0 Å². The molecule has 1 spiro atoms. The minimum Gasteiger partial charge on any atom is -0.340 e. The molecule has 0 N–H and O–H groups in total. The maximum absolute atomic E-state index is 12.8. The molecule has 1 aromatic carbocycles. The smallest absolute Gasteiger partial charge is 0.179 e. The molecule has 1 fully saturated rings. The molecular formula is C16H16O3. The number of ether oxygens (including phenoxy) is 2. The molecule has 3 atom stereocenters. The van der Waals surface area contributed by atoms with Crippen molar-refractivity contribution in [3.8, 4) is 0 Å². The van der Waals surface area contributed by atoms with Gasteiger partial charge in [-0.05, 0) is 25.0 Å².